The Kier molecular flexibility index (Phi) is 7.88. The maximum absolute atomic E-state index is 12.0. The summed E-state index contributed by atoms with van der Waals surface area (Å²) in [5, 5.41) is 8.75. The molecule has 3 saturated carbocycles. The van der Waals surface area contributed by atoms with Crippen molar-refractivity contribution >= 4 is 11.9 Å². The molecule has 0 saturated heterocycles. The SMILES string of the molecule is CC(C)CCCC(C)C1CCC2C3CC=C4CC(OC(=O)/C=C\C(=O)O)CCC4(C)C3CCC12C. The number of carboxylic acids is 1. The van der Waals surface area contributed by atoms with Crippen LogP contribution in [0.5, 0.6) is 0 Å². The second-order valence-electron chi connectivity index (χ2n) is 13.3. The molecule has 1 N–H and O–H groups in total. The topological polar surface area (TPSA) is 63.6 Å². The van der Waals surface area contributed by atoms with E-state index in [0.29, 0.717) is 5.41 Å². The molecule has 8 unspecified atom stereocenters. The van der Waals surface area contributed by atoms with E-state index in [1.807, 2.05) is 0 Å². The molecular weight excluding hydrogens is 436 g/mol. The molecule has 4 heteroatoms. The van der Waals surface area contributed by atoms with Gasteiger partial charge in [-0.15, -0.1) is 0 Å². The van der Waals surface area contributed by atoms with Crippen LogP contribution in [-0.4, -0.2) is 23.1 Å². The third-order valence-corrected chi connectivity index (χ3v) is 10.9. The summed E-state index contributed by atoms with van der Waals surface area (Å²) in [5.41, 5.74) is 2.22. The summed E-state index contributed by atoms with van der Waals surface area (Å²) in [4.78, 5) is 22.7. The minimum absolute atomic E-state index is 0.131. The van der Waals surface area contributed by atoms with E-state index in [1.165, 1.54) is 56.9 Å². The summed E-state index contributed by atoms with van der Waals surface area (Å²) in [7, 11) is 0. The van der Waals surface area contributed by atoms with Crippen LogP contribution in [0.15, 0.2) is 23.8 Å². The van der Waals surface area contributed by atoms with Crippen molar-refractivity contribution in [2.45, 2.75) is 111 Å². The summed E-state index contributed by atoms with van der Waals surface area (Å²) in [6.07, 6.45) is 17.9. The van der Waals surface area contributed by atoms with Crippen molar-refractivity contribution in [2.24, 2.45) is 46.3 Å². The van der Waals surface area contributed by atoms with Crippen molar-refractivity contribution in [3.05, 3.63) is 23.8 Å². The Hall–Kier alpha value is -1.58. The summed E-state index contributed by atoms with van der Waals surface area (Å²) in [6.45, 7) is 12.4. The van der Waals surface area contributed by atoms with Crippen molar-refractivity contribution in [2.75, 3.05) is 0 Å². The lowest BCUT2D eigenvalue weighted by Crippen LogP contribution is -2.51. The lowest BCUT2D eigenvalue weighted by atomic mass is 9.47. The molecule has 4 aliphatic rings. The van der Waals surface area contributed by atoms with Crippen molar-refractivity contribution in [1.29, 1.82) is 0 Å². The first-order chi connectivity index (χ1) is 16.5. The van der Waals surface area contributed by atoms with Crippen LogP contribution < -0.4 is 0 Å². The molecule has 0 radical (unpaired) electrons. The Morgan fingerprint density at radius 3 is 2.54 bits per heavy atom. The second kappa shape index (κ2) is 10.4. The molecule has 0 aromatic rings. The molecule has 35 heavy (non-hydrogen) atoms. The number of esters is 1. The first kappa shape index (κ1) is 26.5. The van der Waals surface area contributed by atoms with E-state index in [1.54, 1.807) is 0 Å². The van der Waals surface area contributed by atoms with Crippen LogP contribution in [0, 0.1) is 46.3 Å². The molecule has 8 atom stereocenters. The average molecular weight is 485 g/mol. The highest BCUT2D eigenvalue weighted by Crippen LogP contribution is 2.67. The molecule has 4 nitrogen and oxygen atoms in total. The number of aliphatic carboxylic acids is 1. The van der Waals surface area contributed by atoms with Crippen LogP contribution in [0.3, 0.4) is 0 Å². The Balaban J connectivity index is 1.42. The number of hydrogen-bond acceptors (Lipinski definition) is 3. The number of allylic oxidation sites excluding steroid dienone is 1. The summed E-state index contributed by atoms with van der Waals surface area (Å²) < 4.78 is 5.61. The first-order valence-corrected chi connectivity index (χ1v) is 14.4. The zero-order valence-corrected chi connectivity index (χ0v) is 22.7. The number of fused-ring (bicyclic) bond motifs is 5. The van der Waals surface area contributed by atoms with Gasteiger partial charge in [0.25, 0.3) is 0 Å². The van der Waals surface area contributed by atoms with Crippen molar-refractivity contribution < 1.29 is 19.4 Å². The Morgan fingerprint density at radius 1 is 1.06 bits per heavy atom. The van der Waals surface area contributed by atoms with Gasteiger partial charge < -0.3 is 9.84 Å². The fourth-order valence-electron chi connectivity index (χ4n) is 9.10. The smallest absolute Gasteiger partial charge is 0.331 e. The fourth-order valence-corrected chi connectivity index (χ4v) is 9.10. The van der Waals surface area contributed by atoms with Crippen LogP contribution in [0.2, 0.25) is 0 Å². The van der Waals surface area contributed by atoms with Gasteiger partial charge in [0.05, 0.1) is 0 Å². The fraction of sp³-hybridized carbons (Fsp3) is 0.806. The normalized spacial score (nSPS) is 39.5. The monoisotopic (exact) mass is 484 g/mol. The third kappa shape index (κ3) is 5.27. The molecule has 0 aromatic carbocycles. The number of rotatable bonds is 8. The number of ether oxygens (including phenoxy) is 1. The number of carbonyl (C=O) groups excluding carboxylic acids is 1. The van der Waals surface area contributed by atoms with E-state index >= 15 is 0 Å². The Morgan fingerprint density at radius 2 is 1.83 bits per heavy atom. The highest BCUT2D eigenvalue weighted by atomic mass is 16.5. The predicted molar refractivity (Wildman–Crippen MR) is 140 cm³/mol. The zero-order chi connectivity index (χ0) is 25.4. The molecule has 0 aromatic heterocycles. The van der Waals surface area contributed by atoms with E-state index in [0.717, 1.165) is 66.9 Å². The van der Waals surface area contributed by atoms with Gasteiger partial charge in [-0.05, 0) is 91.3 Å². The van der Waals surface area contributed by atoms with Gasteiger partial charge in [-0.2, -0.15) is 0 Å². The predicted octanol–water partition coefficient (Wildman–Crippen LogP) is 7.58. The molecule has 0 spiro atoms. The van der Waals surface area contributed by atoms with Crippen LogP contribution in [0.1, 0.15) is 105 Å². The number of carbonyl (C=O) groups is 2. The van der Waals surface area contributed by atoms with Crippen LogP contribution in [0.4, 0.5) is 0 Å². The highest BCUT2D eigenvalue weighted by Gasteiger charge is 2.59. The Labute approximate surface area is 213 Å². The second-order valence-corrected chi connectivity index (χ2v) is 13.3. The molecule has 0 amide bonds. The summed E-state index contributed by atoms with van der Waals surface area (Å²) in [6, 6.07) is 0. The number of hydrogen-bond donors (Lipinski definition) is 1. The van der Waals surface area contributed by atoms with Crippen LogP contribution >= 0.6 is 0 Å². The lowest BCUT2D eigenvalue weighted by molar-refractivity contribution is -0.146. The van der Waals surface area contributed by atoms with Gasteiger partial charge in [0.15, 0.2) is 0 Å². The van der Waals surface area contributed by atoms with Gasteiger partial charge in [-0.1, -0.05) is 65.5 Å². The van der Waals surface area contributed by atoms with Crippen LogP contribution in [0.25, 0.3) is 0 Å². The minimum Gasteiger partial charge on any atom is -0.478 e. The van der Waals surface area contributed by atoms with E-state index < -0.39 is 11.9 Å². The van der Waals surface area contributed by atoms with Crippen LogP contribution in [-0.2, 0) is 14.3 Å². The molecule has 3 fully saturated rings. The Bertz CT molecular complexity index is 856. The first-order valence-electron chi connectivity index (χ1n) is 14.4. The summed E-state index contributed by atoms with van der Waals surface area (Å²) in [5.74, 6) is 3.27. The molecular formula is C31H48O4. The quantitative estimate of drug-likeness (QED) is 0.219. The molecule has 0 bridgehead atoms. The van der Waals surface area contributed by atoms with Crippen molar-refractivity contribution in [3.8, 4) is 0 Å². The van der Waals surface area contributed by atoms with E-state index in [4.69, 9.17) is 9.84 Å². The van der Waals surface area contributed by atoms with E-state index in [-0.39, 0.29) is 11.5 Å². The van der Waals surface area contributed by atoms with Gasteiger partial charge in [0.1, 0.15) is 6.10 Å². The van der Waals surface area contributed by atoms with Gasteiger partial charge in [0.2, 0.25) is 0 Å². The highest BCUT2D eigenvalue weighted by molar-refractivity contribution is 5.90. The number of carboxylic acid groups (broad SMARTS) is 1. The maximum Gasteiger partial charge on any atom is 0.331 e. The molecule has 0 aliphatic heterocycles. The third-order valence-electron chi connectivity index (χ3n) is 10.9. The van der Waals surface area contributed by atoms with Gasteiger partial charge in [-0.25, -0.2) is 9.59 Å². The minimum atomic E-state index is -1.12. The zero-order valence-electron chi connectivity index (χ0n) is 22.7. The molecule has 196 valence electrons. The lowest BCUT2D eigenvalue weighted by Gasteiger charge is -2.58. The standard InChI is InChI=1S/C31H48O4/c1-20(2)7-6-8-21(3)25-11-12-26-24-10-9-22-19-23(35-29(34)14-13-28(32)33)15-17-30(22,4)27(24)16-18-31(25,26)5/h9,13-14,20-21,23-27H,6-8,10-12,15-19H2,1-5H3,(H,32,33)/b14-13-. The molecule has 4 aliphatic carbocycles. The van der Waals surface area contributed by atoms with E-state index in [9.17, 15) is 9.59 Å². The van der Waals surface area contributed by atoms with E-state index in [2.05, 4.69) is 40.7 Å². The molecule has 0 heterocycles. The van der Waals surface area contributed by atoms with Crippen molar-refractivity contribution in [3.63, 3.8) is 0 Å². The maximum atomic E-state index is 12.0. The van der Waals surface area contributed by atoms with Crippen molar-refractivity contribution in [1.82, 2.24) is 0 Å². The van der Waals surface area contributed by atoms with Gasteiger partial charge in [0, 0.05) is 18.6 Å². The average Bonchev–Trinajstić information content (AvgIpc) is 3.15. The molecule has 4 rings (SSSR count). The van der Waals surface area contributed by atoms with Gasteiger partial charge >= 0.3 is 11.9 Å². The summed E-state index contributed by atoms with van der Waals surface area (Å²) >= 11 is 0. The van der Waals surface area contributed by atoms with Gasteiger partial charge in [-0.3, -0.25) is 0 Å². The largest absolute Gasteiger partial charge is 0.478 e.